The number of carbonyl (C=O) groups excluding carboxylic acids is 2. The number of carbonyl (C=O) groups is 2. The van der Waals surface area contributed by atoms with Crippen LogP contribution in [-0.4, -0.2) is 35.0 Å². The number of alkyl halides is 3. The van der Waals surface area contributed by atoms with Crippen LogP contribution in [0.3, 0.4) is 0 Å². The van der Waals surface area contributed by atoms with E-state index in [9.17, 15) is 22.8 Å². The summed E-state index contributed by atoms with van der Waals surface area (Å²) < 4.78 is 44.4. The summed E-state index contributed by atoms with van der Waals surface area (Å²) in [5.74, 6) is -0.962. The normalized spacial score (nSPS) is 10.9. The van der Waals surface area contributed by atoms with Crippen LogP contribution >= 0.6 is 12.4 Å². The zero-order valence-electron chi connectivity index (χ0n) is 18.6. The van der Waals surface area contributed by atoms with Crippen molar-refractivity contribution in [2.45, 2.75) is 6.18 Å². The van der Waals surface area contributed by atoms with Gasteiger partial charge >= 0.3 is 12.1 Å². The predicted molar refractivity (Wildman–Crippen MR) is 131 cm³/mol. The first kappa shape index (κ1) is 26.4. The van der Waals surface area contributed by atoms with Crippen molar-refractivity contribution in [1.82, 2.24) is 15.3 Å². The first-order valence-electron chi connectivity index (χ1n) is 10.5. The zero-order chi connectivity index (χ0) is 24.8. The summed E-state index contributed by atoms with van der Waals surface area (Å²) in [6.07, 6.45) is -0.113. The van der Waals surface area contributed by atoms with E-state index < -0.39 is 17.7 Å². The Morgan fingerprint density at radius 2 is 1.75 bits per heavy atom. The number of ether oxygens (including phenoxy) is 1. The van der Waals surface area contributed by atoms with Gasteiger partial charge in [-0.05, 0) is 42.5 Å². The van der Waals surface area contributed by atoms with Gasteiger partial charge in [0.2, 0.25) is 0 Å². The molecule has 0 bridgehead atoms. The summed E-state index contributed by atoms with van der Waals surface area (Å²) >= 11 is 0. The minimum Gasteiger partial charge on any atom is -0.460 e. The van der Waals surface area contributed by atoms with Crippen molar-refractivity contribution >= 4 is 46.6 Å². The Bertz CT molecular complexity index is 1370. The highest BCUT2D eigenvalue weighted by Gasteiger charge is 2.30. The van der Waals surface area contributed by atoms with E-state index in [0.29, 0.717) is 22.3 Å². The highest BCUT2D eigenvalue weighted by atomic mass is 35.5. The number of hydrogen-bond acceptors (Lipinski definition) is 6. The Hall–Kier alpha value is -4.18. The van der Waals surface area contributed by atoms with Crippen molar-refractivity contribution in [3.8, 4) is 0 Å². The fourth-order valence-corrected chi connectivity index (χ4v) is 3.33. The molecule has 2 aromatic carbocycles. The van der Waals surface area contributed by atoms with E-state index in [2.05, 4.69) is 20.6 Å². The van der Waals surface area contributed by atoms with Gasteiger partial charge in [0.05, 0.1) is 34.4 Å². The number of halogens is 4. The lowest BCUT2D eigenvalue weighted by molar-refractivity contribution is -0.137. The number of rotatable bonds is 7. The molecule has 0 aliphatic heterocycles. The molecule has 2 aromatic heterocycles. The number of pyridine rings is 2. The molecule has 2 N–H and O–H groups in total. The Labute approximate surface area is 210 Å². The molecule has 1 amide bonds. The molecule has 2 heterocycles. The summed E-state index contributed by atoms with van der Waals surface area (Å²) in [5, 5.41) is 6.18. The van der Waals surface area contributed by atoms with Crippen LogP contribution < -0.4 is 10.6 Å². The highest BCUT2D eigenvalue weighted by Crippen LogP contribution is 2.33. The number of para-hydroxylation sites is 1. The molecule has 0 aliphatic carbocycles. The number of anilines is 2. The SMILES string of the molecule is Cl.O=C(NCCOC(=O)c1ccccc1Nc1ccnc2cc(C(F)(F)F)ccc12)c1cccnc1. The van der Waals surface area contributed by atoms with Crippen LogP contribution in [0.5, 0.6) is 0 Å². The van der Waals surface area contributed by atoms with Crippen molar-refractivity contribution in [2.75, 3.05) is 18.5 Å². The van der Waals surface area contributed by atoms with Crippen LogP contribution in [-0.2, 0) is 10.9 Å². The Kier molecular flexibility index (Phi) is 8.44. The molecule has 4 aromatic rings. The summed E-state index contributed by atoms with van der Waals surface area (Å²) in [6.45, 7) is 0.0448. The maximum atomic E-state index is 13.0. The average Bonchev–Trinajstić information content (AvgIpc) is 2.86. The zero-order valence-corrected chi connectivity index (χ0v) is 19.4. The Morgan fingerprint density at radius 3 is 2.50 bits per heavy atom. The van der Waals surface area contributed by atoms with Crippen molar-refractivity contribution in [3.63, 3.8) is 0 Å². The van der Waals surface area contributed by atoms with Gasteiger partial charge in [0.25, 0.3) is 5.91 Å². The standard InChI is InChI=1S/C25H19F3N4O3.ClH/c26-25(27,28)17-7-8-18-21(9-11-30-22(18)14-17)32-20-6-2-1-5-19(20)24(34)35-13-12-31-23(33)16-4-3-10-29-15-16;/h1-11,14-15H,12-13H2,(H,30,32)(H,31,33);1H. The number of aromatic nitrogens is 2. The maximum Gasteiger partial charge on any atom is 0.416 e. The molecular formula is C25H20ClF3N4O3. The lowest BCUT2D eigenvalue weighted by Crippen LogP contribution is -2.28. The molecule has 0 saturated heterocycles. The van der Waals surface area contributed by atoms with E-state index in [0.717, 1.165) is 12.1 Å². The second-order valence-electron chi connectivity index (χ2n) is 7.39. The number of amides is 1. The predicted octanol–water partition coefficient (Wildman–Crippen LogP) is 5.40. The molecule has 0 radical (unpaired) electrons. The molecule has 0 fully saturated rings. The van der Waals surface area contributed by atoms with E-state index in [4.69, 9.17) is 4.74 Å². The molecule has 7 nitrogen and oxygen atoms in total. The molecule has 0 spiro atoms. The summed E-state index contributed by atoms with van der Waals surface area (Å²) in [5.41, 5.74) is 0.865. The number of esters is 1. The van der Waals surface area contributed by atoms with Gasteiger partial charge in [0.1, 0.15) is 6.61 Å². The van der Waals surface area contributed by atoms with E-state index in [1.165, 1.54) is 18.5 Å². The maximum absolute atomic E-state index is 13.0. The van der Waals surface area contributed by atoms with Crippen LogP contribution in [0.15, 0.2) is 79.3 Å². The Balaban J connectivity index is 0.00000361. The first-order chi connectivity index (χ1) is 16.8. The molecule has 0 unspecified atom stereocenters. The lowest BCUT2D eigenvalue weighted by atomic mass is 10.1. The minimum absolute atomic E-state index is 0. The van der Waals surface area contributed by atoms with Gasteiger partial charge in [-0.2, -0.15) is 13.2 Å². The number of benzene rings is 2. The molecule has 186 valence electrons. The monoisotopic (exact) mass is 516 g/mol. The van der Waals surface area contributed by atoms with Crippen molar-refractivity contribution < 1.29 is 27.5 Å². The molecule has 0 saturated carbocycles. The quantitative estimate of drug-likeness (QED) is 0.252. The summed E-state index contributed by atoms with van der Waals surface area (Å²) in [6, 6.07) is 14.7. The van der Waals surface area contributed by atoms with Gasteiger partial charge in [0.15, 0.2) is 0 Å². The van der Waals surface area contributed by atoms with Crippen LogP contribution in [0, 0.1) is 0 Å². The molecule has 36 heavy (non-hydrogen) atoms. The number of hydrogen-bond donors (Lipinski definition) is 2. The lowest BCUT2D eigenvalue weighted by Gasteiger charge is -2.14. The van der Waals surface area contributed by atoms with Gasteiger partial charge in [-0.15, -0.1) is 12.4 Å². The van der Waals surface area contributed by atoms with Crippen LogP contribution in [0.2, 0.25) is 0 Å². The van der Waals surface area contributed by atoms with Gasteiger partial charge in [-0.3, -0.25) is 14.8 Å². The van der Waals surface area contributed by atoms with Crippen molar-refractivity contribution in [3.05, 3.63) is 95.9 Å². The summed E-state index contributed by atoms with van der Waals surface area (Å²) in [4.78, 5) is 32.6. The average molecular weight is 517 g/mol. The van der Waals surface area contributed by atoms with E-state index in [-0.39, 0.29) is 42.5 Å². The van der Waals surface area contributed by atoms with E-state index >= 15 is 0 Å². The molecule has 0 aliphatic rings. The van der Waals surface area contributed by atoms with Crippen molar-refractivity contribution in [2.24, 2.45) is 0 Å². The highest BCUT2D eigenvalue weighted by molar-refractivity contribution is 5.99. The number of nitrogens with one attached hydrogen (secondary N) is 2. The van der Waals surface area contributed by atoms with E-state index in [1.54, 1.807) is 48.7 Å². The molecule has 11 heteroatoms. The minimum atomic E-state index is -4.48. The third-order valence-electron chi connectivity index (χ3n) is 5.03. The molecule has 0 atom stereocenters. The fraction of sp³-hybridized carbons (Fsp3) is 0.120. The second-order valence-corrected chi connectivity index (χ2v) is 7.39. The van der Waals surface area contributed by atoms with Gasteiger partial charge < -0.3 is 15.4 Å². The van der Waals surface area contributed by atoms with Gasteiger partial charge in [0, 0.05) is 29.7 Å². The fourth-order valence-electron chi connectivity index (χ4n) is 3.33. The van der Waals surface area contributed by atoms with Crippen LogP contribution in [0.4, 0.5) is 24.5 Å². The van der Waals surface area contributed by atoms with Crippen molar-refractivity contribution in [1.29, 1.82) is 0 Å². The third-order valence-corrected chi connectivity index (χ3v) is 5.03. The largest absolute Gasteiger partial charge is 0.460 e. The second kappa shape index (κ2) is 11.5. The van der Waals surface area contributed by atoms with Gasteiger partial charge in [-0.1, -0.05) is 18.2 Å². The van der Waals surface area contributed by atoms with Crippen LogP contribution in [0.25, 0.3) is 10.9 Å². The van der Waals surface area contributed by atoms with E-state index in [1.807, 2.05) is 0 Å². The third kappa shape index (κ3) is 6.28. The summed E-state index contributed by atoms with van der Waals surface area (Å²) in [7, 11) is 0. The van der Waals surface area contributed by atoms with Gasteiger partial charge in [-0.25, -0.2) is 4.79 Å². The number of fused-ring (bicyclic) bond motifs is 1. The van der Waals surface area contributed by atoms with Crippen LogP contribution in [0.1, 0.15) is 26.3 Å². The smallest absolute Gasteiger partial charge is 0.416 e. The molecule has 4 rings (SSSR count). The Morgan fingerprint density at radius 1 is 0.944 bits per heavy atom. The molecular weight excluding hydrogens is 497 g/mol. The topological polar surface area (TPSA) is 93.2 Å². The first-order valence-corrected chi connectivity index (χ1v) is 10.5. The number of nitrogens with zero attached hydrogens (tertiary/aromatic N) is 2.